The third-order valence-corrected chi connectivity index (χ3v) is 6.07. The van der Waals surface area contributed by atoms with E-state index in [4.69, 9.17) is 9.47 Å². The minimum atomic E-state index is 0.0199. The van der Waals surface area contributed by atoms with E-state index in [0.29, 0.717) is 11.5 Å². The van der Waals surface area contributed by atoms with Crippen molar-refractivity contribution in [3.63, 3.8) is 0 Å². The lowest BCUT2D eigenvalue weighted by Crippen LogP contribution is -2.45. The summed E-state index contributed by atoms with van der Waals surface area (Å²) >= 11 is 0. The Bertz CT molecular complexity index is 843. The Morgan fingerprint density at radius 3 is 2.62 bits per heavy atom. The molecule has 0 aliphatic carbocycles. The average molecular weight is 396 g/mol. The molecule has 154 valence electrons. The van der Waals surface area contributed by atoms with Crippen LogP contribution in [0.2, 0.25) is 0 Å². The Morgan fingerprint density at radius 1 is 1.03 bits per heavy atom. The van der Waals surface area contributed by atoms with Gasteiger partial charge in [-0.05, 0) is 55.5 Å². The maximum Gasteiger partial charge on any atom is 0.227 e. The largest absolute Gasteiger partial charge is 0.493 e. The van der Waals surface area contributed by atoms with Crippen molar-refractivity contribution in [1.82, 2.24) is 9.88 Å². The van der Waals surface area contributed by atoms with E-state index in [1.807, 2.05) is 36.5 Å². The summed E-state index contributed by atoms with van der Waals surface area (Å²) in [5.74, 6) is 2.67. The standard InChI is InChI=1S/C23H29N3O3/c1-28-20-11-10-17(15-21(20)29-2)19-8-6-14-26(19)23(27)18-7-5-13-25(16-18)22-9-3-4-12-24-22/h3-4,9-12,15,18-19H,5-8,13-14,16H2,1-2H3. The number of ether oxygens (including phenoxy) is 2. The summed E-state index contributed by atoms with van der Waals surface area (Å²) in [7, 11) is 3.28. The van der Waals surface area contributed by atoms with Crippen molar-refractivity contribution in [3.8, 4) is 11.5 Å². The molecule has 2 aliphatic rings. The van der Waals surface area contributed by atoms with Crippen LogP contribution in [0.25, 0.3) is 0 Å². The fourth-order valence-electron chi connectivity index (χ4n) is 4.60. The summed E-state index contributed by atoms with van der Waals surface area (Å²) < 4.78 is 10.8. The van der Waals surface area contributed by atoms with E-state index < -0.39 is 0 Å². The molecule has 2 atom stereocenters. The van der Waals surface area contributed by atoms with Gasteiger partial charge in [-0.2, -0.15) is 0 Å². The number of hydrogen-bond acceptors (Lipinski definition) is 5. The smallest absolute Gasteiger partial charge is 0.227 e. The molecule has 2 fully saturated rings. The van der Waals surface area contributed by atoms with Crippen molar-refractivity contribution >= 4 is 11.7 Å². The van der Waals surface area contributed by atoms with Crippen LogP contribution in [0.4, 0.5) is 5.82 Å². The number of amides is 1. The van der Waals surface area contributed by atoms with Gasteiger partial charge >= 0.3 is 0 Å². The van der Waals surface area contributed by atoms with Crippen molar-refractivity contribution in [1.29, 1.82) is 0 Å². The zero-order valence-electron chi connectivity index (χ0n) is 17.2. The van der Waals surface area contributed by atoms with Crippen molar-refractivity contribution in [2.24, 2.45) is 5.92 Å². The summed E-state index contributed by atoms with van der Waals surface area (Å²) in [5.41, 5.74) is 1.12. The van der Waals surface area contributed by atoms with Gasteiger partial charge in [-0.1, -0.05) is 12.1 Å². The number of piperidine rings is 1. The molecule has 2 saturated heterocycles. The highest BCUT2D eigenvalue weighted by Crippen LogP contribution is 2.38. The molecule has 3 heterocycles. The SMILES string of the molecule is COc1ccc(C2CCCN2C(=O)C2CCCN(c3ccccn3)C2)cc1OC. The van der Waals surface area contributed by atoms with Crippen LogP contribution in [0.3, 0.4) is 0 Å². The van der Waals surface area contributed by atoms with Gasteiger partial charge in [0.05, 0.1) is 26.2 Å². The molecule has 6 nitrogen and oxygen atoms in total. The Balaban J connectivity index is 1.50. The van der Waals surface area contributed by atoms with Crippen molar-refractivity contribution < 1.29 is 14.3 Å². The lowest BCUT2D eigenvalue weighted by Gasteiger charge is -2.36. The zero-order chi connectivity index (χ0) is 20.2. The predicted octanol–water partition coefficient (Wildman–Crippen LogP) is 3.68. The molecule has 0 bridgehead atoms. The van der Waals surface area contributed by atoms with Gasteiger partial charge in [0, 0.05) is 25.8 Å². The van der Waals surface area contributed by atoms with Crippen molar-refractivity contribution in [3.05, 3.63) is 48.2 Å². The van der Waals surface area contributed by atoms with Gasteiger partial charge in [0.1, 0.15) is 5.82 Å². The quantitative estimate of drug-likeness (QED) is 0.773. The number of anilines is 1. The topological polar surface area (TPSA) is 54.9 Å². The first-order valence-corrected chi connectivity index (χ1v) is 10.4. The first-order valence-electron chi connectivity index (χ1n) is 10.4. The van der Waals surface area contributed by atoms with E-state index in [0.717, 1.165) is 56.7 Å². The summed E-state index contributed by atoms with van der Waals surface area (Å²) in [6.45, 7) is 2.52. The second-order valence-electron chi connectivity index (χ2n) is 7.78. The lowest BCUT2D eigenvalue weighted by molar-refractivity contribution is -0.136. The number of likely N-dealkylation sites (tertiary alicyclic amines) is 1. The van der Waals surface area contributed by atoms with Crippen LogP contribution in [-0.2, 0) is 4.79 Å². The number of hydrogen-bond donors (Lipinski definition) is 0. The summed E-state index contributed by atoms with van der Waals surface area (Å²) in [6.07, 6.45) is 5.78. The Morgan fingerprint density at radius 2 is 1.86 bits per heavy atom. The summed E-state index contributed by atoms with van der Waals surface area (Å²) in [6, 6.07) is 12.0. The van der Waals surface area contributed by atoms with Crippen LogP contribution in [0.5, 0.6) is 11.5 Å². The molecule has 1 aromatic carbocycles. The van der Waals surface area contributed by atoms with Gasteiger partial charge in [-0.25, -0.2) is 4.98 Å². The van der Waals surface area contributed by atoms with E-state index in [9.17, 15) is 4.79 Å². The van der Waals surface area contributed by atoms with Gasteiger partial charge in [-0.3, -0.25) is 4.79 Å². The third kappa shape index (κ3) is 4.02. The van der Waals surface area contributed by atoms with Gasteiger partial charge in [-0.15, -0.1) is 0 Å². The van der Waals surface area contributed by atoms with E-state index in [1.165, 1.54) is 0 Å². The lowest BCUT2D eigenvalue weighted by atomic mass is 9.95. The second kappa shape index (κ2) is 8.72. The van der Waals surface area contributed by atoms with E-state index >= 15 is 0 Å². The molecule has 1 amide bonds. The Labute approximate surface area is 172 Å². The number of carbonyl (C=O) groups excluding carboxylic acids is 1. The minimum Gasteiger partial charge on any atom is -0.493 e. The van der Waals surface area contributed by atoms with Crippen molar-refractivity contribution in [2.45, 2.75) is 31.7 Å². The monoisotopic (exact) mass is 395 g/mol. The second-order valence-corrected chi connectivity index (χ2v) is 7.78. The summed E-state index contributed by atoms with van der Waals surface area (Å²) in [5, 5.41) is 0. The molecule has 29 heavy (non-hydrogen) atoms. The Hall–Kier alpha value is -2.76. The number of rotatable bonds is 5. The number of benzene rings is 1. The van der Waals surface area contributed by atoms with Gasteiger partial charge in [0.2, 0.25) is 5.91 Å². The minimum absolute atomic E-state index is 0.0199. The normalized spacial score (nSPS) is 21.9. The van der Waals surface area contributed by atoms with Gasteiger partial charge in [0.25, 0.3) is 0 Å². The molecule has 1 aromatic heterocycles. The van der Waals surface area contributed by atoms with E-state index in [1.54, 1.807) is 14.2 Å². The number of methoxy groups -OCH3 is 2. The van der Waals surface area contributed by atoms with E-state index in [-0.39, 0.29) is 17.9 Å². The number of pyridine rings is 1. The molecule has 2 unspecified atom stereocenters. The van der Waals surface area contributed by atoms with Crippen LogP contribution >= 0.6 is 0 Å². The summed E-state index contributed by atoms with van der Waals surface area (Å²) in [4.78, 5) is 22.2. The Kier molecular flexibility index (Phi) is 5.88. The average Bonchev–Trinajstić information content (AvgIpc) is 3.28. The number of carbonyl (C=O) groups is 1. The first-order chi connectivity index (χ1) is 14.2. The molecule has 2 aliphatic heterocycles. The number of aromatic nitrogens is 1. The number of nitrogens with zero attached hydrogens (tertiary/aromatic N) is 3. The molecule has 6 heteroatoms. The van der Waals surface area contributed by atoms with Crippen LogP contribution in [-0.4, -0.2) is 49.6 Å². The van der Waals surface area contributed by atoms with Crippen LogP contribution in [0.1, 0.15) is 37.3 Å². The molecule has 2 aromatic rings. The fraction of sp³-hybridized carbons (Fsp3) is 0.478. The first kappa shape index (κ1) is 19.6. The van der Waals surface area contributed by atoms with Crippen LogP contribution in [0.15, 0.2) is 42.6 Å². The maximum atomic E-state index is 13.5. The van der Waals surface area contributed by atoms with Crippen LogP contribution < -0.4 is 14.4 Å². The van der Waals surface area contributed by atoms with Gasteiger partial charge in [0.15, 0.2) is 11.5 Å². The van der Waals surface area contributed by atoms with Crippen LogP contribution in [0, 0.1) is 5.92 Å². The zero-order valence-corrected chi connectivity index (χ0v) is 17.2. The fourth-order valence-corrected chi connectivity index (χ4v) is 4.60. The molecule has 4 rings (SSSR count). The molecule has 0 N–H and O–H groups in total. The van der Waals surface area contributed by atoms with E-state index in [2.05, 4.69) is 20.9 Å². The predicted molar refractivity (Wildman–Crippen MR) is 112 cm³/mol. The molecular weight excluding hydrogens is 366 g/mol. The van der Waals surface area contributed by atoms with Gasteiger partial charge < -0.3 is 19.3 Å². The highest BCUT2D eigenvalue weighted by Gasteiger charge is 2.36. The third-order valence-electron chi connectivity index (χ3n) is 6.07. The molecule has 0 spiro atoms. The van der Waals surface area contributed by atoms with Crippen molar-refractivity contribution in [2.75, 3.05) is 38.8 Å². The molecule has 0 saturated carbocycles. The molecule has 0 radical (unpaired) electrons. The highest BCUT2D eigenvalue weighted by molar-refractivity contribution is 5.80. The maximum absolute atomic E-state index is 13.5. The molecular formula is C23H29N3O3. The highest BCUT2D eigenvalue weighted by atomic mass is 16.5.